The molecule has 4 aliphatic rings. The van der Waals surface area contributed by atoms with E-state index in [0.29, 0.717) is 105 Å². The van der Waals surface area contributed by atoms with Crippen LogP contribution < -0.4 is 34.8 Å². The van der Waals surface area contributed by atoms with Gasteiger partial charge in [0, 0.05) is 54.7 Å². The molecule has 9 rings (SSSR count). The first kappa shape index (κ1) is 58.2. The van der Waals surface area contributed by atoms with E-state index < -0.39 is 43.6 Å². The van der Waals surface area contributed by atoms with Gasteiger partial charge in [-0.2, -0.15) is 0 Å². The van der Waals surface area contributed by atoms with Crippen molar-refractivity contribution in [2.24, 2.45) is 5.92 Å². The normalized spacial score (nSPS) is 21.5. The zero-order valence-corrected chi connectivity index (χ0v) is 47.7. The molecule has 6 N–H and O–H groups in total. The van der Waals surface area contributed by atoms with Gasteiger partial charge in [-0.05, 0) is 168 Å². The van der Waals surface area contributed by atoms with Crippen LogP contribution in [0, 0.1) is 5.92 Å². The molecule has 18 heteroatoms. The number of benzene rings is 5. The minimum Gasteiger partial charge on any atom is -0.494 e. The molecular weight excluding hydrogens is 1030 g/mol. The van der Waals surface area contributed by atoms with Crippen LogP contribution in [0.2, 0.25) is 18.6 Å². The quantitative estimate of drug-likeness (QED) is 0.0254. The van der Waals surface area contributed by atoms with Crippen molar-refractivity contribution in [2.45, 2.75) is 121 Å². The monoisotopic (exact) mass is 1110 g/mol. The van der Waals surface area contributed by atoms with Crippen molar-refractivity contribution in [3.05, 3.63) is 137 Å². The maximum atomic E-state index is 16.0. The number of ether oxygens (including phenoxy) is 3. The Bertz CT molecular complexity index is 2990. The average molecular weight is 1110 g/mol. The Morgan fingerprint density at radius 3 is 1.79 bits per heavy atom. The zero-order valence-electron chi connectivity index (χ0n) is 46.7. The molecule has 0 saturated carbocycles. The third kappa shape index (κ3) is 11.9. The fourth-order valence-electron chi connectivity index (χ4n) is 12.5. The molecule has 0 bridgehead atoms. The molecular formula is C62H78N6O11Si. The minimum absolute atomic E-state index is 0.0446. The lowest BCUT2D eigenvalue weighted by Gasteiger charge is -2.36. The molecule has 4 aliphatic heterocycles. The fraction of sp³-hybridized carbons (Fsp3) is 0.452. The number of aliphatic hydroxyl groups excluding tert-OH is 3. The number of hydrogen-bond acceptors (Lipinski definition) is 13. The van der Waals surface area contributed by atoms with E-state index in [1.165, 1.54) is 0 Å². The van der Waals surface area contributed by atoms with E-state index in [4.69, 9.17) is 14.2 Å². The summed E-state index contributed by atoms with van der Waals surface area (Å²) in [7, 11) is -3.28. The second-order valence-corrected chi connectivity index (χ2v) is 25.9. The van der Waals surface area contributed by atoms with Gasteiger partial charge in [-0.3, -0.25) is 29.0 Å². The number of rotatable bonds is 25. The van der Waals surface area contributed by atoms with Gasteiger partial charge in [-0.1, -0.05) is 49.4 Å². The highest BCUT2D eigenvalue weighted by atomic mass is 28.4. The number of nitrogens with zero attached hydrogens (tertiary/aromatic N) is 4. The van der Waals surface area contributed by atoms with Crippen LogP contribution in [0.15, 0.2) is 109 Å². The maximum absolute atomic E-state index is 16.0. The molecule has 4 amide bonds. The summed E-state index contributed by atoms with van der Waals surface area (Å²) in [4.78, 5) is 78.8. The summed E-state index contributed by atoms with van der Waals surface area (Å²) in [6, 6.07) is 33.0. The van der Waals surface area contributed by atoms with Gasteiger partial charge >= 0.3 is 0 Å². The van der Waals surface area contributed by atoms with Crippen molar-refractivity contribution in [2.75, 3.05) is 67.4 Å². The largest absolute Gasteiger partial charge is 0.494 e. The summed E-state index contributed by atoms with van der Waals surface area (Å²) in [5.41, 5.74) is 4.80. The van der Waals surface area contributed by atoms with Gasteiger partial charge in [0.05, 0.1) is 68.0 Å². The number of carbonyl (C=O) groups excluding carboxylic acids is 4. The molecule has 6 atom stereocenters. The van der Waals surface area contributed by atoms with Gasteiger partial charge in [0.25, 0.3) is 5.91 Å². The highest BCUT2D eigenvalue weighted by Gasteiger charge is 2.66. The summed E-state index contributed by atoms with van der Waals surface area (Å²) in [6.45, 7) is 11.7. The van der Waals surface area contributed by atoms with Crippen LogP contribution in [-0.4, -0.2) is 128 Å². The van der Waals surface area contributed by atoms with Crippen molar-refractivity contribution in [3.63, 3.8) is 0 Å². The summed E-state index contributed by atoms with van der Waals surface area (Å²) in [5, 5.41) is 36.0. The van der Waals surface area contributed by atoms with E-state index in [-0.39, 0.29) is 69.5 Å². The van der Waals surface area contributed by atoms with Crippen molar-refractivity contribution in [3.8, 4) is 11.5 Å². The van der Waals surface area contributed by atoms with Gasteiger partial charge < -0.3 is 54.8 Å². The van der Waals surface area contributed by atoms with E-state index in [1.54, 1.807) is 19.6 Å². The van der Waals surface area contributed by atoms with Gasteiger partial charge in [0.15, 0.2) is 13.9 Å². The predicted molar refractivity (Wildman–Crippen MR) is 310 cm³/mol. The lowest BCUT2D eigenvalue weighted by molar-refractivity contribution is -0.150. The third-order valence-electron chi connectivity index (χ3n) is 16.1. The Labute approximate surface area is 470 Å². The van der Waals surface area contributed by atoms with E-state index >= 15 is 4.79 Å². The van der Waals surface area contributed by atoms with E-state index in [9.17, 15) is 34.5 Å². The third-order valence-corrected chi connectivity index (χ3v) is 18.6. The van der Waals surface area contributed by atoms with Gasteiger partial charge in [0.2, 0.25) is 17.7 Å². The molecule has 17 nitrogen and oxygen atoms in total. The number of amides is 4. The topological polar surface area (TPSA) is 214 Å². The lowest BCUT2D eigenvalue weighted by Crippen LogP contribution is -2.49. The zero-order chi connectivity index (χ0) is 56.7. The molecule has 5 aromatic carbocycles. The first-order chi connectivity index (χ1) is 38.6. The Balaban J connectivity index is 1.11. The molecule has 0 aromatic heterocycles. The minimum atomic E-state index is -3.28. The maximum Gasteiger partial charge on any atom is 0.264 e. The molecule has 4 heterocycles. The SMILES string of the molecule is CCOc1ccc2c(c1)CC(NCCCCO)C(=O)N2c1ccc(CN2C(=O)[C@@]3(O[C@@H](CC(=O)N(CCO)Cc4ccccc4)[C@H]([Si](C)(C)O)[C@H]3C)c3cc(N4C(=O)C(NCCCCO)Cc5cc(OCC)ccc54)ccc32)cc1. The number of fused-ring (bicyclic) bond motifs is 4. The van der Waals surface area contributed by atoms with Crippen LogP contribution in [0.5, 0.6) is 11.5 Å². The first-order valence-electron chi connectivity index (χ1n) is 28.4. The lowest BCUT2D eigenvalue weighted by atomic mass is 9.82. The van der Waals surface area contributed by atoms with Crippen LogP contribution in [0.4, 0.5) is 28.4 Å². The Kier molecular flexibility index (Phi) is 18.6. The van der Waals surface area contributed by atoms with Crippen molar-refractivity contribution < 1.29 is 53.5 Å². The number of unbranched alkanes of at least 4 members (excludes halogenated alkanes) is 2. The molecule has 0 radical (unpaired) electrons. The van der Waals surface area contributed by atoms with Crippen LogP contribution in [0.3, 0.4) is 0 Å². The molecule has 1 saturated heterocycles. The Hall–Kier alpha value is -6.48. The predicted octanol–water partition coefficient (Wildman–Crippen LogP) is 7.14. The fourth-order valence-corrected chi connectivity index (χ4v) is 15.0. The van der Waals surface area contributed by atoms with Crippen molar-refractivity contribution >= 4 is 60.4 Å². The summed E-state index contributed by atoms with van der Waals surface area (Å²) >= 11 is 0. The molecule has 426 valence electrons. The highest BCUT2D eigenvalue weighted by molar-refractivity contribution is 6.71. The smallest absolute Gasteiger partial charge is 0.264 e. The second-order valence-electron chi connectivity index (χ2n) is 21.9. The highest BCUT2D eigenvalue weighted by Crippen LogP contribution is 2.60. The molecule has 80 heavy (non-hydrogen) atoms. The van der Waals surface area contributed by atoms with E-state index in [1.807, 2.05) is 143 Å². The summed E-state index contributed by atoms with van der Waals surface area (Å²) < 4.78 is 19.0. The average Bonchev–Trinajstić information content (AvgIpc) is 4.12. The van der Waals surface area contributed by atoms with Gasteiger partial charge in [0.1, 0.15) is 11.5 Å². The standard InChI is InChI=1S/C62H78N6O11Si/c1-6-77-48-22-25-53-44(33-48)35-51(63-27-11-13-30-69)59(73)67(53)46-19-17-43(18-20-46)40-66-55-24-21-47(68-54-26-23-49(78-7-2)34-45(54)36-52(60(68)74)64-28-12-14-31-70)37-50(55)62(61(66)75)41(3)58(80(4,5)76)56(79-62)38-57(72)65(29-32-71)39-42-15-9-8-10-16-42/h8-10,15-26,33-34,37,41,51-52,56,58,63-64,69-71,76H,6-7,11-14,27-32,35-36,38-40H2,1-5H3/t41-,51?,52?,56+,58-,62+/m1/s1. The van der Waals surface area contributed by atoms with Crippen LogP contribution >= 0.6 is 0 Å². The van der Waals surface area contributed by atoms with E-state index in [0.717, 1.165) is 27.9 Å². The van der Waals surface area contributed by atoms with Crippen molar-refractivity contribution in [1.29, 1.82) is 0 Å². The number of anilines is 5. The molecule has 1 spiro atoms. The first-order valence-corrected chi connectivity index (χ1v) is 31.4. The Morgan fingerprint density at radius 2 is 1.25 bits per heavy atom. The van der Waals surface area contributed by atoms with Crippen LogP contribution in [0.25, 0.3) is 0 Å². The molecule has 2 unspecified atom stereocenters. The second kappa shape index (κ2) is 25.5. The van der Waals surface area contributed by atoms with Crippen molar-refractivity contribution in [1.82, 2.24) is 15.5 Å². The van der Waals surface area contributed by atoms with E-state index in [2.05, 4.69) is 10.6 Å². The molecule has 5 aromatic rings. The summed E-state index contributed by atoms with van der Waals surface area (Å²) in [5.74, 6) is -0.226. The summed E-state index contributed by atoms with van der Waals surface area (Å²) in [6.07, 6.45) is 2.43. The number of aliphatic hydroxyl groups is 3. The molecule has 1 fully saturated rings. The number of nitrogens with one attached hydrogen (secondary N) is 2. The number of carbonyl (C=O) groups is 4. The molecule has 0 aliphatic carbocycles. The number of hydrogen-bond donors (Lipinski definition) is 6. The van der Waals surface area contributed by atoms with Gasteiger partial charge in [-0.15, -0.1) is 0 Å². The van der Waals surface area contributed by atoms with Gasteiger partial charge in [-0.25, -0.2) is 0 Å². The Morgan fingerprint density at radius 1 is 0.700 bits per heavy atom. The van der Waals surface area contributed by atoms with Crippen LogP contribution in [0.1, 0.15) is 80.7 Å². The van der Waals surface area contributed by atoms with Crippen LogP contribution in [-0.2, 0) is 55.4 Å².